The van der Waals surface area contributed by atoms with Gasteiger partial charge in [0.05, 0.1) is 5.25 Å². The number of carbonyl (C=O) groups is 1. The standard InChI is InChI=1S/C21H25N5OS/c1-4-18(20(27)23-17-11-9-14(3)10-12-17)28-21-25-24-19(26(21)5-2)15-7-6-8-16(22)13-15/h6-13,18H,4-5,22H2,1-3H3,(H,23,27). The van der Waals surface area contributed by atoms with Gasteiger partial charge in [-0.3, -0.25) is 4.79 Å². The van der Waals surface area contributed by atoms with Gasteiger partial charge in [-0.1, -0.05) is 48.5 Å². The third-order valence-corrected chi connectivity index (χ3v) is 5.75. The van der Waals surface area contributed by atoms with E-state index in [2.05, 4.69) is 15.5 Å². The fraction of sp³-hybridized carbons (Fsp3) is 0.286. The molecule has 3 aromatic rings. The number of carbonyl (C=O) groups excluding carboxylic acids is 1. The third-order valence-electron chi connectivity index (χ3n) is 4.41. The number of thioether (sulfide) groups is 1. The summed E-state index contributed by atoms with van der Waals surface area (Å²) in [6.45, 7) is 6.76. The van der Waals surface area contributed by atoms with E-state index in [-0.39, 0.29) is 11.2 Å². The second-order valence-electron chi connectivity index (χ2n) is 6.55. The van der Waals surface area contributed by atoms with Crippen LogP contribution in [0.5, 0.6) is 0 Å². The zero-order valence-corrected chi connectivity index (χ0v) is 17.2. The number of nitrogens with one attached hydrogen (secondary N) is 1. The molecule has 2 aromatic carbocycles. The van der Waals surface area contributed by atoms with Crippen molar-refractivity contribution in [3.05, 3.63) is 54.1 Å². The molecule has 3 N–H and O–H groups in total. The molecule has 1 amide bonds. The van der Waals surface area contributed by atoms with Gasteiger partial charge in [0, 0.05) is 23.5 Å². The van der Waals surface area contributed by atoms with Crippen molar-refractivity contribution in [1.29, 1.82) is 0 Å². The van der Waals surface area contributed by atoms with Crippen molar-refractivity contribution in [3.8, 4) is 11.4 Å². The first-order valence-corrected chi connectivity index (χ1v) is 10.2. The number of aryl methyl sites for hydroxylation is 1. The maximum atomic E-state index is 12.7. The van der Waals surface area contributed by atoms with Crippen LogP contribution in [0, 0.1) is 6.92 Å². The van der Waals surface area contributed by atoms with Gasteiger partial charge in [0.2, 0.25) is 5.91 Å². The summed E-state index contributed by atoms with van der Waals surface area (Å²) in [5.74, 6) is 0.721. The van der Waals surface area contributed by atoms with Crippen molar-refractivity contribution in [2.24, 2.45) is 0 Å². The van der Waals surface area contributed by atoms with Gasteiger partial charge in [0.1, 0.15) is 0 Å². The van der Waals surface area contributed by atoms with E-state index >= 15 is 0 Å². The van der Waals surface area contributed by atoms with Gasteiger partial charge in [-0.2, -0.15) is 0 Å². The fourth-order valence-electron chi connectivity index (χ4n) is 2.86. The number of benzene rings is 2. The van der Waals surface area contributed by atoms with E-state index in [4.69, 9.17) is 5.73 Å². The second-order valence-corrected chi connectivity index (χ2v) is 7.72. The van der Waals surface area contributed by atoms with Crippen molar-refractivity contribution in [1.82, 2.24) is 14.8 Å². The summed E-state index contributed by atoms with van der Waals surface area (Å²) >= 11 is 1.44. The van der Waals surface area contributed by atoms with Crippen molar-refractivity contribution in [2.45, 2.75) is 44.1 Å². The third kappa shape index (κ3) is 4.54. The molecule has 7 heteroatoms. The van der Waals surface area contributed by atoms with E-state index in [1.165, 1.54) is 11.8 Å². The Morgan fingerprint density at radius 2 is 1.93 bits per heavy atom. The molecule has 3 rings (SSSR count). The fourth-order valence-corrected chi connectivity index (χ4v) is 3.88. The molecule has 0 bridgehead atoms. The Morgan fingerprint density at radius 3 is 2.57 bits per heavy atom. The smallest absolute Gasteiger partial charge is 0.237 e. The predicted octanol–water partition coefficient (Wildman–Crippen LogP) is 4.37. The average molecular weight is 396 g/mol. The molecule has 0 spiro atoms. The van der Waals surface area contributed by atoms with Crippen LogP contribution in [0.3, 0.4) is 0 Å². The van der Waals surface area contributed by atoms with Crippen molar-refractivity contribution < 1.29 is 4.79 Å². The SMILES string of the molecule is CCC(Sc1nnc(-c2cccc(N)c2)n1CC)C(=O)Nc1ccc(C)cc1. The lowest BCUT2D eigenvalue weighted by atomic mass is 10.2. The number of hydrogen-bond acceptors (Lipinski definition) is 5. The molecule has 0 aliphatic rings. The Labute approximate surface area is 169 Å². The van der Waals surface area contributed by atoms with Crippen molar-refractivity contribution in [3.63, 3.8) is 0 Å². The highest BCUT2D eigenvalue weighted by atomic mass is 32.2. The number of nitrogen functional groups attached to an aromatic ring is 1. The zero-order valence-electron chi connectivity index (χ0n) is 16.3. The van der Waals surface area contributed by atoms with E-state index < -0.39 is 0 Å². The van der Waals surface area contributed by atoms with E-state index in [0.29, 0.717) is 18.7 Å². The van der Waals surface area contributed by atoms with Crippen LogP contribution >= 0.6 is 11.8 Å². The monoisotopic (exact) mass is 395 g/mol. The van der Waals surface area contributed by atoms with Crippen LogP contribution in [0.2, 0.25) is 0 Å². The van der Waals surface area contributed by atoms with E-state index in [9.17, 15) is 4.79 Å². The Bertz CT molecular complexity index is 952. The molecule has 1 atom stereocenters. The number of rotatable bonds is 7. The first-order chi connectivity index (χ1) is 13.5. The molecule has 0 aliphatic heterocycles. The van der Waals surface area contributed by atoms with Crippen LogP contribution in [0.25, 0.3) is 11.4 Å². The quantitative estimate of drug-likeness (QED) is 0.458. The topological polar surface area (TPSA) is 85.8 Å². The first kappa shape index (κ1) is 19.9. The molecule has 6 nitrogen and oxygen atoms in total. The van der Waals surface area contributed by atoms with Gasteiger partial charge in [0.25, 0.3) is 0 Å². The van der Waals surface area contributed by atoms with Crippen LogP contribution < -0.4 is 11.1 Å². The Hall–Kier alpha value is -2.80. The summed E-state index contributed by atoms with van der Waals surface area (Å²) < 4.78 is 2.02. The van der Waals surface area contributed by atoms with Crippen LogP contribution in [-0.2, 0) is 11.3 Å². The molecule has 0 saturated carbocycles. The Balaban J connectivity index is 1.79. The van der Waals surface area contributed by atoms with Gasteiger partial charge >= 0.3 is 0 Å². The number of amides is 1. The second kappa shape index (κ2) is 8.93. The van der Waals surface area contributed by atoms with E-state index in [1.54, 1.807) is 0 Å². The zero-order chi connectivity index (χ0) is 20.1. The lowest BCUT2D eigenvalue weighted by Gasteiger charge is -2.15. The molecule has 0 radical (unpaired) electrons. The van der Waals surface area contributed by atoms with E-state index in [1.807, 2.05) is 73.9 Å². The van der Waals surface area contributed by atoms with Crippen LogP contribution in [-0.4, -0.2) is 25.9 Å². The lowest BCUT2D eigenvalue weighted by molar-refractivity contribution is -0.115. The van der Waals surface area contributed by atoms with E-state index in [0.717, 1.165) is 27.8 Å². The number of anilines is 2. The lowest BCUT2D eigenvalue weighted by Crippen LogP contribution is -2.25. The van der Waals surface area contributed by atoms with Gasteiger partial charge in [0.15, 0.2) is 11.0 Å². The van der Waals surface area contributed by atoms with Crippen molar-refractivity contribution in [2.75, 3.05) is 11.1 Å². The maximum Gasteiger partial charge on any atom is 0.237 e. The first-order valence-electron chi connectivity index (χ1n) is 9.35. The number of nitrogens with two attached hydrogens (primary N) is 1. The summed E-state index contributed by atoms with van der Waals surface area (Å²) in [4.78, 5) is 12.7. The average Bonchev–Trinajstić information content (AvgIpc) is 3.10. The maximum absolute atomic E-state index is 12.7. The Kier molecular flexibility index (Phi) is 6.36. The minimum Gasteiger partial charge on any atom is -0.399 e. The molecule has 1 heterocycles. The van der Waals surface area contributed by atoms with Gasteiger partial charge < -0.3 is 15.6 Å². The molecule has 0 aliphatic carbocycles. The number of nitrogens with zero attached hydrogens (tertiary/aromatic N) is 3. The Morgan fingerprint density at radius 1 is 1.18 bits per heavy atom. The number of hydrogen-bond donors (Lipinski definition) is 2. The normalized spacial score (nSPS) is 12.0. The minimum absolute atomic E-state index is 0.0347. The van der Waals surface area contributed by atoms with Crippen LogP contribution in [0.4, 0.5) is 11.4 Å². The van der Waals surface area contributed by atoms with Crippen LogP contribution in [0.1, 0.15) is 25.8 Å². The molecule has 1 aromatic heterocycles. The molecular weight excluding hydrogens is 370 g/mol. The molecule has 28 heavy (non-hydrogen) atoms. The van der Waals surface area contributed by atoms with Gasteiger partial charge in [-0.15, -0.1) is 10.2 Å². The summed E-state index contributed by atoms with van der Waals surface area (Å²) in [6.07, 6.45) is 0.687. The summed E-state index contributed by atoms with van der Waals surface area (Å²) in [7, 11) is 0. The summed E-state index contributed by atoms with van der Waals surface area (Å²) in [5.41, 5.74) is 9.46. The van der Waals surface area contributed by atoms with Crippen LogP contribution in [0.15, 0.2) is 53.7 Å². The molecule has 0 saturated heterocycles. The minimum atomic E-state index is -0.260. The highest BCUT2D eigenvalue weighted by Crippen LogP contribution is 2.29. The van der Waals surface area contributed by atoms with Gasteiger partial charge in [-0.25, -0.2) is 0 Å². The molecule has 146 valence electrons. The largest absolute Gasteiger partial charge is 0.399 e. The van der Waals surface area contributed by atoms with Gasteiger partial charge in [-0.05, 0) is 44.5 Å². The molecular formula is C21H25N5OS. The summed E-state index contributed by atoms with van der Waals surface area (Å²) in [6, 6.07) is 15.4. The van der Waals surface area contributed by atoms with Crippen molar-refractivity contribution >= 4 is 29.0 Å². The number of aromatic nitrogens is 3. The predicted molar refractivity (Wildman–Crippen MR) is 115 cm³/mol. The molecule has 1 unspecified atom stereocenters. The highest BCUT2D eigenvalue weighted by molar-refractivity contribution is 8.00. The highest BCUT2D eigenvalue weighted by Gasteiger charge is 2.22. The summed E-state index contributed by atoms with van der Waals surface area (Å²) in [5, 5.41) is 12.1. The molecule has 0 fully saturated rings.